The van der Waals surface area contributed by atoms with Crippen LogP contribution in [0.3, 0.4) is 0 Å². The first-order valence-corrected chi connectivity index (χ1v) is 6.02. The number of pyridine rings is 1. The molecule has 0 spiro atoms. The Morgan fingerprint density at radius 1 is 1.44 bits per heavy atom. The minimum Gasteiger partial charge on any atom is -0.357 e. The molecule has 0 fully saturated rings. The minimum absolute atomic E-state index is 0.544. The lowest BCUT2D eigenvalue weighted by molar-refractivity contribution is 0.609. The van der Waals surface area contributed by atoms with Gasteiger partial charge in [-0.3, -0.25) is 0 Å². The van der Waals surface area contributed by atoms with Gasteiger partial charge in [-0.05, 0) is 32.5 Å². The van der Waals surface area contributed by atoms with Gasteiger partial charge >= 0.3 is 0 Å². The van der Waals surface area contributed by atoms with Crippen molar-refractivity contribution in [3.63, 3.8) is 0 Å². The Hall–Kier alpha value is -1.09. The molecule has 3 nitrogen and oxygen atoms in total. The highest BCUT2D eigenvalue weighted by molar-refractivity contribution is 5.39. The number of nitrogens with one attached hydrogen (secondary N) is 1. The van der Waals surface area contributed by atoms with E-state index >= 15 is 0 Å². The van der Waals surface area contributed by atoms with Crippen molar-refractivity contribution >= 4 is 5.82 Å². The van der Waals surface area contributed by atoms with Gasteiger partial charge < -0.3 is 10.2 Å². The average molecular weight is 221 g/mol. The van der Waals surface area contributed by atoms with E-state index in [9.17, 15) is 0 Å². The van der Waals surface area contributed by atoms with Crippen LogP contribution in [0.25, 0.3) is 0 Å². The molecular formula is C13H23N3. The van der Waals surface area contributed by atoms with Crippen LogP contribution in [0.2, 0.25) is 0 Å². The van der Waals surface area contributed by atoms with E-state index < -0.39 is 0 Å². The third kappa shape index (κ3) is 3.49. The monoisotopic (exact) mass is 221 g/mol. The molecule has 1 unspecified atom stereocenters. The average Bonchev–Trinajstić information content (AvgIpc) is 2.29. The molecule has 0 amide bonds. The maximum Gasteiger partial charge on any atom is 0.128 e. The summed E-state index contributed by atoms with van der Waals surface area (Å²) >= 11 is 0. The number of rotatable bonds is 6. The highest BCUT2D eigenvalue weighted by Crippen LogP contribution is 2.15. The van der Waals surface area contributed by atoms with Crippen molar-refractivity contribution in [3.05, 3.63) is 23.9 Å². The molecule has 0 aromatic carbocycles. The van der Waals surface area contributed by atoms with Crippen molar-refractivity contribution in [2.75, 3.05) is 19.0 Å². The molecule has 0 aliphatic carbocycles. The largest absolute Gasteiger partial charge is 0.357 e. The first-order valence-electron chi connectivity index (χ1n) is 6.02. The molecule has 16 heavy (non-hydrogen) atoms. The molecule has 0 radical (unpaired) electrons. The molecule has 0 aliphatic heterocycles. The van der Waals surface area contributed by atoms with Gasteiger partial charge in [-0.2, -0.15) is 0 Å². The lowest BCUT2D eigenvalue weighted by Crippen LogP contribution is -2.29. The molecule has 1 rings (SSSR count). The lowest BCUT2D eigenvalue weighted by atomic mass is 10.2. The van der Waals surface area contributed by atoms with E-state index in [1.807, 2.05) is 7.05 Å². The van der Waals surface area contributed by atoms with E-state index in [2.05, 4.69) is 54.3 Å². The van der Waals surface area contributed by atoms with E-state index in [0.717, 1.165) is 18.1 Å². The van der Waals surface area contributed by atoms with Crippen molar-refractivity contribution < 1.29 is 0 Å². The molecular weight excluding hydrogens is 198 g/mol. The third-order valence-corrected chi connectivity index (χ3v) is 2.88. The van der Waals surface area contributed by atoms with Crippen LogP contribution in [0.5, 0.6) is 0 Å². The number of hydrogen-bond acceptors (Lipinski definition) is 3. The summed E-state index contributed by atoms with van der Waals surface area (Å²) in [5.74, 6) is 1.06. The Kier molecular flexibility index (Phi) is 5.26. The second-order valence-electron chi connectivity index (χ2n) is 4.27. The highest BCUT2D eigenvalue weighted by atomic mass is 15.2. The Morgan fingerprint density at radius 3 is 2.81 bits per heavy atom. The van der Waals surface area contributed by atoms with Crippen molar-refractivity contribution in [3.8, 4) is 0 Å². The summed E-state index contributed by atoms with van der Waals surface area (Å²) < 4.78 is 0. The predicted molar refractivity (Wildman–Crippen MR) is 69.8 cm³/mol. The molecule has 1 N–H and O–H groups in total. The Morgan fingerprint density at radius 2 is 2.19 bits per heavy atom. The Balaban J connectivity index is 2.74. The SMILES string of the molecule is CCCC(C)N(C)c1cccc(CNC)n1. The topological polar surface area (TPSA) is 28.2 Å². The predicted octanol–water partition coefficient (Wildman–Crippen LogP) is 2.43. The minimum atomic E-state index is 0.544. The van der Waals surface area contributed by atoms with Crippen LogP contribution in [0.15, 0.2) is 18.2 Å². The molecule has 0 saturated heterocycles. The standard InChI is InChI=1S/C13H23N3/c1-5-7-11(2)16(4)13-9-6-8-12(15-13)10-14-3/h6,8-9,11,14H,5,7,10H2,1-4H3. The molecule has 1 aromatic heterocycles. The van der Waals surface area contributed by atoms with E-state index in [1.165, 1.54) is 12.8 Å². The maximum absolute atomic E-state index is 4.63. The van der Waals surface area contributed by atoms with Gasteiger partial charge in [0.05, 0.1) is 5.69 Å². The van der Waals surface area contributed by atoms with Crippen molar-refractivity contribution in [2.24, 2.45) is 0 Å². The fourth-order valence-electron chi connectivity index (χ4n) is 1.78. The second-order valence-corrected chi connectivity index (χ2v) is 4.27. The van der Waals surface area contributed by atoms with Gasteiger partial charge in [0.2, 0.25) is 0 Å². The molecule has 1 heterocycles. The molecule has 1 atom stereocenters. The fourth-order valence-corrected chi connectivity index (χ4v) is 1.78. The number of nitrogens with zero attached hydrogens (tertiary/aromatic N) is 2. The molecule has 3 heteroatoms. The highest BCUT2D eigenvalue weighted by Gasteiger charge is 2.10. The van der Waals surface area contributed by atoms with Crippen LogP contribution in [-0.2, 0) is 6.54 Å². The smallest absolute Gasteiger partial charge is 0.128 e. The zero-order chi connectivity index (χ0) is 12.0. The summed E-state index contributed by atoms with van der Waals surface area (Å²) in [5.41, 5.74) is 1.09. The zero-order valence-corrected chi connectivity index (χ0v) is 10.8. The molecule has 1 aromatic rings. The fraction of sp³-hybridized carbons (Fsp3) is 0.615. The zero-order valence-electron chi connectivity index (χ0n) is 10.8. The first-order chi connectivity index (χ1) is 7.69. The summed E-state index contributed by atoms with van der Waals surface area (Å²) in [6.07, 6.45) is 2.41. The molecule has 90 valence electrons. The summed E-state index contributed by atoms with van der Waals surface area (Å²) in [6.45, 7) is 5.29. The summed E-state index contributed by atoms with van der Waals surface area (Å²) in [7, 11) is 4.06. The molecule has 0 aliphatic rings. The Labute approximate surface area is 98.9 Å². The summed E-state index contributed by atoms with van der Waals surface area (Å²) in [5, 5.41) is 3.12. The normalized spacial score (nSPS) is 12.5. The van der Waals surface area contributed by atoms with E-state index in [4.69, 9.17) is 0 Å². The Bertz CT molecular complexity index is 312. The van der Waals surface area contributed by atoms with Gasteiger partial charge in [0.15, 0.2) is 0 Å². The summed E-state index contributed by atoms with van der Waals surface area (Å²) in [6, 6.07) is 6.75. The van der Waals surface area contributed by atoms with Crippen LogP contribution in [0.1, 0.15) is 32.4 Å². The van der Waals surface area contributed by atoms with E-state index in [0.29, 0.717) is 6.04 Å². The van der Waals surface area contributed by atoms with Crippen LogP contribution < -0.4 is 10.2 Å². The number of anilines is 1. The van der Waals surface area contributed by atoms with Crippen LogP contribution in [0, 0.1) is 0 Å². The van der Waals surface area contributed by atoms with E-state index in [1.54, 1.807) is 0 Å². The quantitative estimate of drug-likeness (QED) is 0.799. The van der Waals surface area contributed by atoms with Crippen LogP contribution in [-0.4, -0.2) is 25.1 Å². The van der Waals surface area contributed by atoms with Crippen molar-refractivity contribution in [1.82, 2.24) is 10.3 Å². The van der Waals surface area contributed by atoms with Gasteiger partial charge in [-0.25, -0.2) is 4.98 Å². The van der Waals surface area contributed by atoms with Crippen molar-refractivity contribution in [1.29, 1.82) is 0 Å². The summed E-state index contributed by atoms with van der Waals surface area (Å²) in [4.78, 5) is 6.88. The number of hydrogen-bond donors (Lipinski definition) is 1. The first kappa shape index (κ1) is 13.0. The van der Waals surface area contributed by atoms with Gasteiger partial charge in [0.25, 0.3) is 0 Å². The van der Waals surface area contributed by atoms with Gasteiger partial charge in [0, 0.05) is 19.6 Å². The number of aromatic nitrogens is 1. The molecule has 0 saturated carbocycles. The third-order valence-electron chi connectivity index (χ3n) is 2.88. The maximum atomic E-state index is 4.63. The van der Waals surface area contributed by atoms with Crippen LogP contribution >= 0.6 is 0 Å². The van der Waals surface area contributed by atoms with Gasteiger partial charge in [-0.1, -0.05) is 19.4 Å². The van der Waals surface area contributed by atoms with Crippen LogP contribution in [0.4, 0.5) is 5.82 Å². The van der Waals surface area contributed by atoms with Crippen molar-refractivity contribution in [2.45, 2.75) is 39.3 Å². The van der Waals surface area contributed by atoms with Gasteiger partial charge in [0.1, 0.15) is 5.82 Å². The molecule has 0 bridgehead atoms. The second kappa shape index (κ2) is 6.48. The van der Waals surface area contributed by atoms with E-state index in [-0.39, 0.29) is 0 Å². The lowest BCUT2D eigenvalue weighted by Gasteiger charge is -2.26. The van der Waals surface area contributed by atoms with Gasteiger partial charge in [-0.15, -0.1) is 0 Å².